The zero-order valence-corrected chi connectivity index (χ0v) is 10.4. The van der Waals surface area contributed by atoms with E-state index in [4.69, 9.17) is 5.73 Å². The molecule has 1 rings (SSSR count). The van der Waals surface area contributed by atoms with Crippen molar-refractivity contribution in [3.63, 3.8) is 0 Å². The van der Waals surface area contributed by atoms with Crippen LogP contribution in [0.25, 0.3) is 0 Å². The standard InChI is InChI=1S/C13H20N2O/c1-8(2)10(4)15-13(16)12-6-5-11(14)7-9(12)3/h5-8,10H,14H2,1-4H3,(H,15,16). The van der Waals surface area contributed by atoms with E-state index in [2.05, 4.69) is 19.2 Å². The summed E-state index contributed by atoms with van der Waals surface area (Å²) in [4.78, 5) is 11.9. The van der Waals surface area contributed by atoms with Gasteiger partial charge in [0.05, 0.1) is 0 Å². The molecule has 0 aliphatic carbocycles. The van der Waals surface area contributed by atoms with Gasteiger partial charge in [0.25, 0.3) is 5.91 Å². The fourth-order valence-corrected chi connectivity index (χ4v) is 1.39. The molecule has 0 saturated carbocycles. The second-order valence-electron chi connectivity index (χ2n) is 4.58. The van der Waals surface area contributed by atoms with Gasteiger partial charge in [0, 0.05) is 17.3 Å². The summed E-state index contributed by atoms with van der Waals surface area (Å²) in [5.74, 6) is 0.400. The van der Waals surface area contributed by atoms with Gasteiger partial charge in [0.1, 0.15) is 0 Å². The number of benzene rings is 1. The van der Waals surface area contributed by atoms with E-state index >= 15 is 0 Å². The van der Waals surface area contributed by atoms with Crippen LogP contribution in [-0.2, 0) is 0 Å². The lowest BCUT2D eigenvalue weighted by molar-refractivity contribution is 0.0930. The number of anilines is 1. The predicted molar refractivity (Wildman–Crippen MR) is 67.4 cm³/mol. The first-order valence-corrected chi connectivity index (χ1v) is 5.58. The molecule has 1 aromatic rings. The molecule has 0 aliphatic heterocycles. The lowest BCUT2D eigenvalue weighted by Crippen LogP contribution is -2.36. The third-order valence-electron chi connectivity index (χ3n) is 2.85. The molecule has 1 aromatic carbocycles. The van der Waals surface area contributed by atoms with Crippen molar-refractivity contribution in [3.05, 3.63) is 29.3 Å². The van der Waals surface area contributed by atoms with Crippen molar-refractivity contribution in [1.29, 1.82) is 0 Å². The van der Waals surface area contributed by atoms with Crippen molar-refractivity contribution in [2.45, 2.75) is 33.7 Å². The monoisotopic (exact) mass is 220 g/mol. The Labute approximate surface area is 97.0 Å². The number of hydrogen-bond acceptors (Lipinski definition) is 2. The number of carbonyl (C=O) groups is 1. The molecule has 3 nitrogen and oxygen atoms in total. The summed E-state index contributed by atoms with van der Waals surface area (Å²) in [5, 5.41) is 2.98. The number of aryl methyl sites for hydroxylation is 1. The first kappa shape index (κ1) is 12.6. The van der Waals surface area contributed by atoms with Gasteiger partial charge in [0.2, 0.25) is 0 Å². The molecule has 1 unspecified atom stereocenters. The van der Waals surface area contributed by atoms with Crippen LogP contribution >= 0.6 is 0 Å². The van der Waals surface area contributed by atoms with Crippen LogP contribution in [0.1, 0.15) is 36.7 Å². The van der Waals surface area contributed by atoms with E-state index in [1.165, 1.54) is 0 Å². The van der Waals surface area contributed by atoms with Crippen molar-refractivity contribution >= 4 is 11.6 Å². The minimum Gasteiger partial charge on any atom is -0.399 e. The van der Waals surface area contributed by atoms with Gasteiger partial charge in [-0.15, -0.1) is 0 Å². The van der Waals surface area contributed by atoms with Crippen LogP contribution in [0.5, 0.6) is 0 Å². The largest absolute Gasteiger partial charge is 0.399 e. The predicted octanol–water partition coefficient (Wildman–Crippen LogP) is 2.35. The van der Waals surface area contributed by atoms with Gasteiger partial charge in [-0.3, -0.25) is 4.79 Å². The summed E-state index contributed by atoms with van der Waals surface area (Å²) in [7, 11) is 0. The van der Waals surface area contributed by atoms with Gasteiger partial charge in [-0.2, -0.15) is 0 Å². The molecule has 3 N–H and O–H groups in total. The zero-order chi connectivity index (χ0) is 12.3. The quantitative estimate of drug-likeness (QED) is 0.768. The van der Waals surface area contributed by atoms with Gasteiger partial charge in [-0.05, 0) is 43.5 Å². The Morgan fingerprint density at radius 2 is 1.94 bits per heavy atom. The molecule has 1 atom stereocenters. The van der Waals surface area contributed by atoms with Crippen molar-refractivity contribution in [2.24, 2.45) is 5.92 Å². The molecular weight excluding hydrogens is 200 g/mol. The minimum absolute atomic E-state index is 0.0290. The van der Waals surface area contributed by atoms with Gasteiger partial charge >= 0.3 is 0 Å². The minimum atomic E-state index is -0.0290. The molecule has 0 aliphatic rings. The molecule has 0 spiro atoms. The van der Waals surface area contributed by atoms with E-state index in [0.717, 1.165) is 5.56 Å². The molecule has 0 heterocycles. The molecule has 0 aromatic heterocycles. The number of carbonyl (C=O) groups excluding carboxylic acids is 1. The number of nitrogens with one attached hydrogen (secondary N) is 1. The molecule has 3 heteroatoms. The third-order valence-corrected chi connectivity index (χ3v) is 2.85. The Morgan fingerprint density at radius 3 is 2.44 bits per heavy atom. The van der Waals surface area contributed by atoms with Crippen molar-refractivity contribution in [2.75, 3.05) is 5.73 Å². The van der Waals surface area contributed by atoms with Crippen LogP contribution in [-0.4, -0.2) is 11.9 Å². The van der Waals surface area contributed by atoms with Gasteiger partial charge in [-0.1, -0.05) is 13.8 Å². The first-order valence-electron chi connectivity index (χ1n) is 5.58. The summed E-state index contributed by atoms with van der Waals surface area (Å²) < 4.78 is 0. The van der Waals surface area contributed by atoms with Crippen LogP contribution < -0.4 is 11.1 Å². The maximum atomic E-state index is 11.9. The van der Waals surface area contributed by atoms with E-state index in [0.29, 0.717) is 17.2 Å². The maximum Gasteiger partial charge on any atom is 0.251 e. The van der Waals surface area contributed by atoms with Crippen LogP contribution in [0.3, 0.4) is 0 Å². The Bertz CT molecular complexity index is 386. The Hall–Kier alpha value is -1.51. The summed E-state index contributed by atoms with van der Waals surface area (Å²) in [6.07, 6.45) is 0. The molecule has 0 radical (unpaired) electrons. The topological polar surface area (TPSA) is 55.1 Å². The highest BCUT2D eigenvalue weighted by Gasteiger charge is 2.13. The smallest absolute Gasteiger partial charge is 0.251 e. The Kier molecular flexibility index (Phi) is 3.93. The summed E-state index contributed by atoms with van der Waals surface area (Å²) in [6.45, 7) is 8.07. The SMILES string of the molecule is Cc1cc(N)ccc1C(=O)NC(C)C(C)C. The summed E-state index contributed by atoms with van der Waals surface area (Å²) in [6, 6.07) is 5.51. The Balaban J connectivity index is 2.81. The Morgan fingerprint density at radius 1 is 1.31 bits per heavy atom. The van der Waals surface area contributed by atoms with Crippen molar-refractivity contribution in [3.8, 4) is 0 Å². The van der Waals surface area contributed by atoms with Gasteiger partial charge in [-0.25, -0.2) is 0 Å². The van der Waals surface area contributed by atoms with E-state index in [1.807, 2.05) is 19.9 Å². The molecule has 0 saturated heterocycles. The average Bonchev–Trinajstić information content (AvgIpc) is 2.16. The second kappa shape index (κ2) is 5.01. The van der Waals surface area contributed by atoms with Gasteiger partial charge < -0.3 is 11.1 Å². The van der Waals surface area contributed by atoms with E-state index in [1.54, 1.807) is 12.1 Å². The van der Waals surface area contributed by atoms with Crippen molar-refractivity contribution in [1.82, 2.24) is 5.32 Å². The zero-order valence-electron chi connectivity index (χ0n) is 10.4. The lowest BCUT2D eigenvalue weighted by Gasteiger charge is -2.18. The maximum absolute atomic E-state index is 11.9. The molecule has 0 fully saturated rings. The summed E-state index contributed by atoms with van der Waals surface area (Å²) in [5.41, 5.74) is 7.94. The first-order chi connectivity index (χ1) is 7.41. The number of nitrogen functional groups attached to an aromatic ring is 1. The normalized spacial score (nSPS) is 12.6. The second-order valence-corrected chi connectivity index (χ2v) is 4.58. The molecule has 88 valence electrons. The van der Waals surface area contributed by atoms with E-state index < -0.39 is 0 Å². The van der Waals surface area contributed by atoms with Crippen molar-refractivity contribution < 1.29 is 4.79 Å². The number of hydrogen-bond donors (Lipinski definition) is 2. The van der Waals surface area contributed by atoms with Crippen LogP contribution in [0.4, 0.5) is 5.69 Å². The fourth-order valence-electron chi connectivity index (χ4n) is 1.39. The molecule has 1 amide bonds. The summed E-state index contributed by atoms with van der Waals surface area (Å²) >= 11 is 0. The average molecular weight is 220 g/mol. The van der Waals surface area contributed by atoms with Crippen LogP contribution in [0, 0.1) is 12.8 Å². The van der Waals surface area contributed by atoms with Gasteiger partial charge in [0.15, 0.2) is 0 Å². The van der Waals surface area contributed by atoms with E-state index in [-0.39, 0.29) is 11.9 Å². The van der Waals surface area contributed by atoms with Crippen LogP contribution in [0.2, 0.25) is 0 Å². The number of nitrogens with two attached hydrogens (primary N) is 1. The van der Waals surface area contributed by atoms with E-state index in [9.17, 15) is 4.79 Å². The third kappa shape index (κ3) is 2.99. The fraction of sp³-hybridized carbons (Fsp3) is 0.462. The highest BCUT2D eigenvalue weighted by Crippen LogP contribution is 2.13. The number of amides is 1. The molecular formula is C13H20N2O. The highest BCUT2D eigenvalue weighted by molar-refractivity contribution is 5.96. The number of rotatable bonds is 3. The highest BCUT2D eigenvalue weighted by atomic mass is 16.1. The lowest BCUT2D eigenvalue weighted by atomic mass is 10.0. The molecule has 16 heavy (non-hydrogen) atoms. The van der Waals surface area contributed by atoms with Crippen LogP contribution in [0.15, 0.2) is 18.2 Å². The molecule has 0 bridgehead atoms.